The topological polar surface area (TPSA) is 94.8 Å². The van der Waals surface area contributed by atoms with Gasteiger partial charge in [0.1, 0.15) is 5.76 Å². The molecule has 1 aliphatic heterocycles. The van der Waals surface area contributed by atoms with Crippen molar-refractivity contribution >= 4 is 17.7 Å². The molecule has 3 rings (SSSR count). The second kappa shape index (κ2) is 9.65. The Kier molecular flexibility index (Phi) is 6.97. The van der Waals surface area contributed by atoms with Crippen LogP contribution in [0.15, 0.2) is 39.9 Å². The highest BCUT2D eigenvalue weighted by Gasteiger charge is 2.19. The number of benzene rings is 1. The first-order valence-corrected chi connectivity index (χ1v) is 10.4. The fourth-order valence-corrected chi connectivity index (χ4v) is 3.19. The molecule has 1 aliphatic rings. The van der Waals surface area contributed by atoms with Crippen LogP contribution < -0.4 is 16.0 Å². The van der Waals surface area contributed by atoms with Gasteiger partial charge in [0.2, 0.25) is 5.89 Å². The van der Waals surface area contributed by atoms with E-state index in [1.807, 2.05) is 29.2 Å². The molecular formula is C22H32N6O2. The first kappa shape index (κ1) is 21.7. The smallest absolute Gasteiger partial charge is 0.321 e. The van der Waals surface area contributed by atoms with E-state index >= 15 is 0 Å². The highest BCUT2D eigenvalue weighted by molar-refractivity contribution is 5.89. The Morgan fingerprint density at radius 1 is 1.20 bits per heavy atom. The van der Waals surface area contributed by atoms with Crippen LogP contribution >= 0.6 is 0 Å². The van der Waals surface area contributed by atoms with Crippen LogP contribution in [0.4, 0.5) is 10.5 Å². The minimum absolute atomic E-state index is 0.0318. The number of guanidine groups is 1. The number of nitrogens with zero attached hydrogens (tertiary/aromatic N) is 3. The van der Waals surface area contributed by atoms with Gasteiger partial charge in [0, 0.05) is 37.8 Å². The molecule has 0 bridgehead atoms. The van der Waals surface area contributed by atoms with E-state index in [0.29, 0.717) is 24.9 Å². The van der Waals surface area contributed by atoms with E-state index in [4.69, 9.17) is 4.42 Å². The maximum absolute atomic E-state index is 12.3. The lowest BCUT2D eigenvalue weighted by Crippen LogP contribution is -2.36. The SMILES string of the molecule is CN=C(NCc1cccc(NC(=O)N2CCCC2)c1)NCc1ncc(C(C)(C)C)o1. The van der Waals surface area contributed by atoms with Gasteiger partial charge in [0.15, 0.2) is 5.96 Å². The number of anilines is 1. The summed E-state index contributed by atoms with van der Waals surface area (Å²) in [6, 6.07) is 7.79. The molecule has 1 aromatic heterocycles. The molecular weight excluding hydrogens is 380 g/mol. The summed E-state index contributed by atoms with van der Waals surface area (Å²) >= 11 is 0. The lowest BCUT2D eigenvalue weighted by atomic mass is 9.94. The fraction of sp³-hybridized carbons (Fsp3) is 0.500. The Bertz CT molecular complexity index is 878. The Morgan fingerprint density at radius 3 is 2.60 bits per heavy atom. The lowest BCUT2D eigenvalue weighted by Gasteiger charge is -2.17. The maximum atomic E-state index is 12.3. The summed E-state index contributed by atoms with van der Waals surface area (Å²) in [7, 11) is 1.72. The van der Waals surface area contributed by atoms with Gasteiger partial charge in [-0.25, -0.2) is 9.78 Å². The van der Waals surface area contributed by atoms with Crippen molar-refractivity contribution in [2.75, 3.05) is 25.5 Å². The van der Waals surface area contributed by atoms with Crippen LogP contribution in [-0.4, -0.2) is 42.0 Å². The van der Waals surface area contributed by atoms with Crippen molar-refractivity contribution in [2.24, 2.45) is 4.99 Å². The number of nitrogens with one attached hydrogen (secondary N) is 3. The number of oxazole rings is 1. The Hall–Kier alpha value is -3.03. The van der Waals surface area contributed by atoms with Crippen molar-refractivity contribution in [1.82, 2.24) is 20.5 Å². The van der Waals surface area contributed by atoms with Gasteiger partial charge >= 0.3 is 6.03 Å². The van der Waals surface area contributed by atoms with Crippen LogP contribution in [0, 0.1) is 0 Å². The maximum Gasteiger partial charge on any atom is 0.321 e. The van der Waals surface area contributed by atoms with Crippen LogP contribution in [0.1, 0.15) is 50.8 Å². The molecule has 3 N–H and O–H groups in total. The molecule has 1 saturated heterocycles. The largest absolute Gasteiger partial charge is 0.443 e. The van der Waals surface area contributed by atoms with Crippen LogP contribution in [-0.2, 0) is 18.5 Å². The van der Waals surface area contributed by atoms with Crippen LogP contribution in [0.25, 0.3) is 0 Å². The summed E-state index contributed by atoms with van der Waals surface area (Å²) in [5.41, 5.74) is 1.77. The average molecular weight is 413 g/mol. The van der Waals surface area contributed by atoms with Gasteiger partial charge in [0.05, 0.1) is 12.7 Å². The van der Waals surface area contributed by atoms with E-state index in [1.165, 1.54) is 0 Å². The zero-order valence-corrected chi connectivity index (χ0v) is 18.3. The number of hydrogen-bond donors (Lipinski definition) is 3. The fourth-order valence-electron chi connectivity index (χ4n) is 3.19. The molecule has 0 radical (unpaired) electrons. The van der Waals surface area contributed by atoms with E-state index in [2.05, 4.69) is 46.7 Å². The van der Waals surface area contributed by atoms with Gasteiger partial charge in [-0.05, 0) is 30.5 Å². The zero-order chi connectivity index (χ0) is 21.6. The molecule has 2 amide bonds. The van der Waals surface area contributed by atoms with E-state index in [-0.39, 0.29) is 11.4 Å². The summed E-state index contributed by atoms with van der Waals surface area (Å²) in [6.07, 6.45) is 3.93. The summed E-state index contributed by atoms with van der Waals surface area (Å²) in [6.45, 7) is 8.95. The number of rotatable bonds is 5. The second-order valence-corrected chi connectivity index (χ2v) is 8.47. The highest BCUT2D eigenvalue weighted by Crippen LogP contribution is 2.22. The van der Waals surface area contributed by atoms with Crippen LogP contribution in [0.5, 0.6) is 0 Å². The number of aliphatic imine (C=N–C) groups is 1. The molecule has 0 aliphatic carbocycles. The van der Waals surface area contributed by atoms with Gasteiger partial charge in [-0.2, -0.15) is 0 Å². The first-order valence-electron chi connectivity index (χ1n) is 10.4. The van der Waals surface area contributed by atoms with E-state index in [9.17, 15) is 4.79 Å². The highest BCUT2D eigenvalue weighted by atomic mass is 16.4. The minimum Gasteiger partial charge on any atom is -0.443 e. The van der Waals surface area contributed by atoms with E-state index < -0.39 is 0 Å². The van der Waals surface area contributed by atoms with Crippen molar-refractivity contribution in [3.05, 3.63) is 47.7 Å². The number of carbonyl (C=O) groups is 1. The van der Waals surface area contributed by atoms with Gasteiger partial charge < -0.3 is 25.3 Å². The summed E-state index contributed by atoms with van der Waals surface area (Å²) in [5, 5.41) is 9.47. The molecule has 8 nitrogen and oxygen atoms in total. The Labute approximate surface area is 178 Å². The Morgan fingerprint density at radius 2 is 1.93 bits per heavy atom. The number of carbonyl (C=O) groups excluding carboxylic acids is 1. The lowest BCUT2D eigenvalue weighted by molar-refractivity contribution is 0.222. The number of amides is 2. The predicted molar refractivity (Wildman–Crippen MR) is 119 cm³/mol. The van der Waals surface area contributed by atoms with E-state index in [0.717, 1.165) is 42.9 Å². The van der Waals surface area contributed by atoms with Gasteiger partial charge in [0.25, 0.3) is 0 Å². The third kappa shape index (κ3) is 5.98. The van der Waals surface area contributed by atoms with Crippen LogP contribution in [0.3, 0.4) is 0 Å². The molecule has 1 aromatic carbocycles. The number of aromatic nitrogens is 1. The molecule has 2 aromatic rings. The number of urea groups is 1. The van der Waals surface area contributed by atoms with Crippen molar-refractivity contribution in [1.29, 1.82) is 0 Å². The van der Waals surface area contributed by atoms with Crippen LogP contribution in [0.2, 0.25) is 0 Å². The molecule has 30 heavy (non-hydrogen) atoms. The van der Waals surface area contributed by atoms with Crippen molar-refractivity contribution in [2.45, 2.75) is 52.1 Å². The van der Waals surface area contributed by atoms with Gasteiger partial charge in [-0.1, -0.05) is 32.9 Å². The molecule has 0 unspecified atom stereocenters. The van der Waals surface area contributed by atoms with Crippen molar-refractivity contribution < 1.29 is 9.21 Å². The standard InChI is InChI=1S/C22H32N6O2/c1-22(2,3)18-14-24-19(30-18)15-26-20(23-4)25-13-16-8-7-9-17(12-16)27-21(29)28-10-5-6-11-28/h7-9,12,14H,5-6,10-11,13,15H2,1-4H3,(H,27,29)(H2,23,25,26). The third-order valence-corrected chi connectivity index (χ3v) is 4.95. The molecule has 1 fully saturated rings. The molecule has 0 saturated carbocycles. The molecule has 2 heterocycles. The number of hydrogen-bond acceptors (Lipinski definition) is 4. The van der Waals surface area contributed by atoms with Crippen molar-refractivity contribution in [3.63, 3.8) is 0 Å². The van der Waals surface area contributed by atoms with E-state index in [1.54, 1.807) is 13.2 Å². The monoisotopic (exact) mass is 412 g/mol. The third-order valence-electron chi connectivity index (χ3n) is 4.95. The minimum atomic E-state index is -0.0691. The molecule has 0 spiro atoms. The summed E-state index contributed by atoms with van der Waals surface area (Å²) < 4.78 is 5.80. The van der Waals surface area contributed by atoms with Gasteiger partial charge in [-0.15, -0.1) is 0 Å². The molecule has 8 heteroatoms. The van der Waals surface area contributed by atoms with Gasteiger partial charge in [-0.3, -0.25) is 4.99 Å². The first-order chi connectivity index (χ1) is 14.3. The molecule has 0 atom stereocenters. The quantitative estimate of drug-likeness (QED) is 0.516. The average Bonchev–Trinajstić information content (AvgIpc) is 3.40. The predicted octanol–water partition coefficient (Wildman–Crippen LogP) is 3.47. The second-order valence-electron chi connectivity index (χ2n) is 8.47. The van der Waals surface area contributed by atoms with Crippen molar-refractivity contribution in [3.8, 4) is 0 Å². The normalized spacial score (nSPS) is 14.7. The number of likely N-dealkylation sites (tertiary alicyclic amines) is 1. The summed E-state index contributed by atoms with van der Waals surface area (Å²) in [4.78, 5) is 22.7. The Balaban J connectivity index is 1.50. The summed E-state index contributed by atoms with van der Waals surface area (Å²) in [5.74, 6) is 2.13. The molecule has 162 valence electrons. The zero-order valence-electron chi connectivity index (χ0n) is 18.3.